The van der Waals surface area contributed by atoms with Gasteiger partial charge in [-0.25, -0.2) is 4.39 Å². The van der Waals surface area contributed by atoms with Crippen LogP contribution in [0.25, 0.3) is 0 Å². The van der Waals surface area contributed by atoms with Crippen LogP contribution in [0.1, 0.15) is 15.9 Å². The summed E-state index contributed by atoms with van der Waals surface area (Å²) in [5.74, 6) is -0.372. The summed E-state index contributed by atoms with van der Waals surface area (Å²) in [4.78, 5) is 25.0. The van der Waals surface area contributed by atoms with Crippen molar-refractivity contribution in [3.8, 4) is 0 Å². The predicted octanol–water partition coefficient (Wildman–Crippen LogP) is 2.87. The number of piperazine rings is 1. The van der Waals surface area contributed by atoms with E-state index in [9.17, 15) is 9.18 Å². The van der Waals surface area contributed by atoms with Crippen molar-refractivity contribution in [3.05, 3.63) is 84.2 Å². The van der Waals surface area contributed by atoms with Crippen molar-refractivity contribution in [2.45, 2.75) is 6.54 Å². The number of rotatable bonds is 5. The Labute approximate surface area is 169 Å². The molecule has 4 rings (SSSR count). The number of nitrogens with one attached hydrogen (secondary N) is 1. The molecule has 148 valence electrons. The second kappa shape index (κ2) is 8.68. The molecule has 2 aromatic heterocycles. The van der Waals surface area contributed by atoms with Gasteiger partial charge in [0.25, 0.3) is 5.91 Å². The average Bonchev–Trinajstić information content (AvgIpc) is 2.79. The standard InChI is InChI=1S/C22H22FN5O/c23-20-5-1-2-6-21(20)28-10-8-27(9-11-28)19-12-18(15-25-16-19)22(29)26-14-17-4-3-7-24-13-17/h1-7,12-13,15-16H,8-11,14H2,(H,26,29). The van der Waals surface area contributed by atoms with E-state index in [2.05, 4.69) is 20.2 Å². The Bertz CT molecular complexity index is 974. The van der Waals surface area contributed by atoms with Gasteiger partial charge in [0, 0.05) is 51.3 Å². The lowest BCUT2D eigenvalue weighted by Crippen LogP contribution is -2.47. The van der Waals surface area contributed by atoms with Crippen LogP contribution in [0.15, 0.2) is 67.3 Å². The van der Waals surface area contributed by atoms with E-state index in [0.717, 1.165) is 24.3 Å². The first kappa shape index (κ1) is 18.9. The SMILES string of the molecule is O=C(NCc1cccnc1)c1cncc(N2CCN(c3ccccc3F)CC2)c1. The van der Waals surface area contributed by atoms with E-state index in [-0.39, 0.29) is 11.7 Å². The van der Waals surface area contributed by atoms with E-state index in [4.69, 9.17) is 0 Å². The quantitative estimate of drug-likeness (QED) is 0.725. The van der Waals surface area contributed by atoms with Gasteiger partial charge in [-0.2, -0.15) is 0 Å². The third-order valence-corrected chi connectivity index (χ3v) is 5.00. The van der Waals surface area contributed by atoms with E-state index in [0.29, 0.717) is 30.9 Å². The molecule has 0 unspecified atom stereocenters. The summed E-state index contributed by atoms with van der Waals surface area (Å²) in [7, 11) is 0. The van der Waals surface area contributed by atoms with Gasteiger partial charge in [0.1, 0.15) is 5.82 Å². The third-order valence-electron chi connectivity index (χ3n) is 5.00. The topological polar surface area (TPSA) is 61.4 Å². The largest absolute Gasteiger partial charge is 0.367 e. The van der Waals surface area contributed by atoms with Crippen molar-refractivity contribution in [3.63, 3.8) is 0 Å². The molecule has 3 aromatic rings. The summed E-state index contributed by atoms with van der Waals surface area (Å²) in [5.41, 5.74) is 2.98. The monoisotopic (exact) mass is 391 g/mol. The van der Waals surface area contributed by atoms with Crippen molar-refractivity contribution in [2.24, 2.45) is 0 Å². The van der Waals surface area contributed by atoms with Crippen LogP contribution in [0.3, 0.4) is 0 Å². The van der Waals surface area contributed by atoms with Gasteiger partial charge in [-0.15, -0.1) is 0 Å². The zero-order chi connectivity index (χ0) is 20.1. The molecule has 0 radical (unpaired) electrons. The summed E-state index contributed by atoms with van der Waals surface area (Å²) >= 11 is 0. The van der Waals surface area contributed by atoms with Crippen LogP contribution in [-0.4, -0.2) is 42.1 Å². The van der Waals surface area contributed by atoms with Gasteiger partial charge >= 0.3 is 0 Å². The van der Waals surface area contributed by atoms with Gasteiger partial charge in [-0.1, -0.05) is 18.2 Å². The molecule has 1 fully saturated rings. The Hall–Kier alpha value is -3.48. The molecule has 6 nitrogen and oxygen atoms in total. The molecule has 0 aliphatic carbocycles. The second-order valence-electron chi connectivity index (χ2n) is 6.90. The minimum atomic E-state index is -0.199. The summed E-state index contributed by atoms with van der Waals surface area (Å²) in [6, 6.07) is 12.4. The molecule has 1 saturated heterocycles. The van der Waals surface area contributed by atoms with Gasteiger partial charge in [-0.05, 0) is 29.8 Å². The van der Waals surface area contributed by atoms with Crippen LogP contribution in [0, 0.1) is 5.82 Å². The highest BCUT2D eigenvalue weighted by atomic mass is 19.1. The lowest BCUT2D eigenvalue weighted by Gasteiger charge is -2.37. The number of halogens is 1. The molecule has 1 N–H and O–H groups in total. The highest BCUT2D eigenvalue weighted by molar-refractivity contribution is 5.94. The van der Waals surface area contributed by atoms with Gasteiger partial charge < -0.3 is 15.1 Å². The highest BCUT2D eigenvalue weighted by Crippen LogP contribution is 2.23. The predicted molar refractivity (Wildman–Crippen MR) is 110 cm³/mol. The summed E-state index contributed by atoms with van der Waals surface area (Å²) in [6.07, 6.45) is 6.75. The number of nitrogens with zero attached hydrogens (tertiary/aromatic N) is 4. The van der Waals surface area contributed by atoms with E-state index in [1.54, 1.807) is 36.9 Å². The smallest absolute Gasteiger partial charge is 0.253 e. The van der Waals surface area contributed by atoms with Crippen LogP contribution in [-0.2, 0) is 6.54 Å². The number of benzene rings is 1. The Morgan fingerprint density at radius 2 is 1.76 bits per heavy atom. The fourth-order valence-electron chi connectivity index (χ4n) is 3.43. The van der Waals surface area contributed by atoms with Crippen LogP contribution in [0.5, 0.6) is 0 Å². The lowest BCUT2D eigenvalue weighted by molar-refractivity contribution is 0.0950. The Morgan fingerprint density at radius 1 is 0.966 bits per heavy atom. The van der Waals surface area contributed by atoms with E-state index >= 15 is 0 Å². The van der Waals surface area contributed by atoms with E-state index in [1.165, 1.54) is 6.07 Å². The molecule has 0 bridgehead atoms. The first-order chi connectivity index (χ1) is 14.2. The number of anilines is 2. The molecule has 0 saturated carbocycles. The first-order valence-corrected chi connectivity index (χ1v) is 9.57. The van der Waals surface area contributed by atoms with Crippen molar-refractivity contribution >= 4 is 17.3 Å². The maximum atomic E-state index is 14.0. The van der Waals surface area contributed by atoms with Gasteiger partial charge in [0.2, 0.25) is 0 Å². The van der Waals surface area contributed by atoms with Crippen LogP contribution in [0.2, 0.25) is 0 Å². The molecule has 1 amide bonds. The van der Waals surface area contributed by atoms with Crippen molar-refractivity contribution in [1.82, 2.24) is 15.3 Å². The van der Waals surface area contributed by atoms with Gasteiger partial charge in [0.15, 0.2) is 0 Å². The Balaban J connectivity index is 1.38. The summed E-state index contributed by atoms with van der Waals surface area (Å²) < 4.78 is 14.0. The average molecular weight is 391 g/mol. The normalized spacial score (nSPS) is 14.0. The lowest BCUT2D eigenvalue weighted by atomic mass is 10.2. The van der Waals surface area contributed by atoms with Crippen molar-refractivity contribution in [1.29, 1.82) is 0 Å². The number of para-hydroxylation sites is 1. The van der Waals surface area contributed by atoms with Gasteiger partial charge in [0.05, 0.1) is 23.1 Å². The number of hydrogen-bond acceptors (Lipinski definition) is 5. The Morgan fingerprint density at radius 3 is 2.52 bits per heavy atom. The molecule has 0 atom stereocenters. The molecular formula is C22H22FN5O. The molecule has 29 heavy (non-hydrogen) atoms. The fourth-order valence-corrected chi connectivity index (χ4v) is 3.43. The zero-order valence-electron chi connectivity index (χ0n) is 16.0. The number of aromatic nitrogens is 2. The molecule has 1 aliphatic rings. The van der Waals surface area contributed by atoms with Crippen LogP contribution < -0.4 is 15.1 Å². The minimum absolute atomic E-state index is 0.173. The molecule has 1 aromatic carbocycles. The number of carbonyl (C=O) groups excluding carboxylic acids is 1. The summed E-state index contributed by atoms with van der Waals surface area (Å²) in [6.45, 7) is 3.29. The van der Waals surface area contributed by atoms with E-state index in [1.807, 2.05) is 29.2 Å². The number of amides is 1. The van der Waals surface area contributed by atoms with Crippen LogP contribution >= 0.6 is 0 Å². The number of pyridine rings is 2. The van der Waals surface area contributed by atoms with Crippen LogP contribution in [0.4, 0.5) is 15.8 Å². The van der Waals surface area contributed by atoms with E-state index < -0.39 is 0 Å². The molecule has 3 heterocycles. The third kappa shape index (κ3) is 4.51. The molecular weight excluding hydrogens is 369 g/mol. The minimum Gasteiger partial charge on any atom is -0.367 e. The highest BCUT2D eigenvalue weighted by Gasteiger charge is 2.20. The molecule has 1 aliphatic heterocycles. The molecule has 0 spiro atoms. The van der Waals surface area contributed by atoms with Crippen molar-refractivity contribution in [2.75, 3.05) is 36.0 Å². The number of hydrogen-bond donors (Lipinski definition) is 1. The first-order valence-electron chi connectivity index (χ1n) is 9.57. The summed E-state index contributed by atoms with van der Waals surface area (Å²) in [5, 5.41) is 2.89. The fraction of sp³-hybridized carbons (Fsp3) is 0.227. The zero-order valence-corrected chi connectivity index (χ0v) is 16.0. The molecule has 7 heteroatoms. The maximum Gasteiger partial charge on any atom is 0.253 e. The second-order valence-corrected chi connectivity index (χ2v) is 6.90. The number of carbonyl (C=O) groups is 1. The maximum absolute atomic E-state index is 14.0. The Kier molecular flexibility index (Phi) is 5.65. The van der Waals surface area contributed by atoms with Gasteiger partial charge in [-0.3, -0.25) is 14.8 Å². The van der Waals surface area contributed by atoms with Crippen molar-refractivity contribution < 1.29 is 9.18 Å².